The number of hydrogen-bond donors (Lipinski definition) is 0. The Morgan fingerprint density at radius 3 is 2.86 bits per heavy atom. The molecule has 1 amide bonds. The van der Waals surface area contributed by atoms with E-state index in [9.17, 15) is 9.59 Å². The molecule has 1 aliphatic heterocycles. The molecule has 1 fully saturated rings. The average molecular weight is 386 g/mol. The van der Waals surface area contributed by atoms with Crippen molar-refractivity contribution in [2.75, 3.05) is 19.7 Å². The summed E-state index contributed by atoms with van der Waals surface area (Å²) < 4.78 is 16.1. The molecule has 0 radical (unpaired) electrons. The molecule has 7 nitrogen and oxygen atoms in total. The highest BCUT2D eigenvalue weighted by molar-refractivity contribution is 5.95. The topological polar surface area (TPSA) is 81.9 Å². The van der Waals surface area contributed by atoms with Crippen LogP contribution in [0.1, 0.15) is 47.1 Å². The number of ether oxygens (including phenoxy) is 2. The monoisotopic (exact) mass is 386 g/mol. The number of hydrogen-bond acceptors (Lipinski definition) is 6. The van der Waals surface area contributed by atoms with Crippen LogP contribution in [0.4, 0.5) is 0 Å². The van der Waals surface area contributed by atoms with Crippen LogP contribution in [0, 0.1) is 19.8 Å². The third kappa shape index (κ3) is 4.52. The van der Waals surface area contributed by atoms with E-state index in [1.54, 1.807) is 30.0 Å². The number of likely N-dealkylation sites (tertiary alicyclic amines) is 1. The van der Waals surface area contributed by atoms with E-state index in [2.05, 4.69) is 5.16 Å². The van der Waals surface area contributed by atoms with Crippen LogP contribution < -0.4 is 4.74 Å². The lowest BCUT2D eigenvalue weighted by Gasteiger charge is -2.31. The van der Waals surface area contributed by atoms with Gasteiger partial charge in [-0.2, -0.15) is 0 Å². The fourth-order valence-electron chi connectivity index (χ4n) is 3.38. The van der Waals surface area contributed by atoms with Gasteiger partial charge in [0, 0.05) is 18.7 Å². The summed E-state index contributed by atoms with van der Waals surface area (Å²) in [7, 11) is 0. The average Bonchev–Trinajstić information content (AvgIpc) is 3.04. The van der Waals surface area contributed by atoms with Gasteiger partial charge in [-0.05, 0) is 51.8 Å². The van der Waals surface area contributed by atoms with Crippen LogP contribution in [0.3, 0.4) is 0 Å². The normalized spacial score (nSPS) is 16.7. The summed E-state index contributed by atoms with van der Waals surface area (Å²) in [6, 6.07) is 7.10. The van der Waals surface area contributed by atoms with Gasteiger partial charge in [0.1, 0.15) is 18.1 Å². The largest absolute Gasteiger partial charge is 0.489 e. The maximum Gasteiger partial charge on any atom is 0.310 e. The molecule has 0 N–H and O–H groups in total. The van der Waals surface area contributed by atoms with E-state index in [-0.39, 0.29) is 17.8 Å². The van der Waals surface area contributed by atoms with Crippen molar-refractivity contribution in [2.24, 2.45) is 5.92 Å². The number of esters is 1. The summed E-state index contributed by atoms with van der Waals surface area (Å²) in [4.78, 5) is 26.6. The minimum Gasteiger partial charge on any atom is -0.489 e. The second-order valence-corrected chi connectivity index (χ2v) is 6.96. The first kappa shape index (κ1) is 19.9. The Bertz CT molecular complexity index is 826. The summed E-state index contributed by atoms with van der Waals surface area (Å²) >= 11 is 0. The summed E-state index contributed by atoms with van der Waals surface area (Å²) in [5.74, 6) is 0.748. The Hall–Kier alpha value is -2.83. The quantitative estimate of drug-likeness (QED) is 0.709. The second-order valence-electron chi connectivity index (χ2n) is 6.96. The highest BCUT2D eigenvalue weighted by Crippen LogP contribution is 2.23. The van der Waals surface area contributed by atoms with Gasteiger partial charge in [-0.15, -0.1) is 0 Å². The van der Waals surface area contributed by atoms with Crippen LogP contribution in [0.15, 0.2) is 28.8 Å². The number of nitrogens with zero attached hydrogens (tertiary/aromatic N) is 2. The Morgan fingerprint density at radius 1 is 1.32 bits per heavy atom. The number of carbonyl (C=O) groups is 2. The number of benzene rings is 1. The standard InChI is InChI=1S/C21H26N2O5/c1-4-26-21(25)17-8-6-10-23(12-17)20(24)16-7-5-9-18(11-16)27-13-19-14(2)22-28-15(19)3/h5,7,9,11,17H,4,6,8,10,12-13H2,1-3H3/t17-/m1/s1. The number of aryl methyl sites for hydroxylation is 2. The molecule has 2 aromatic rings. The maximum atomic E-state index is 12.9. The lowest BCUT2D eigenvalue weighted by atomic mass is 9.97. The molecule has 28 heavy (non-hydrogen) atoms. The Kier molecular flexibility index (Phi) is 6.34. The Morgan fingerprint density at radius 2 is 2.14 bits per heavy atom. The first-order valence-corrected chi connectivity index (χ1v) is 9.60. The molecular formula is C21H26N2O5. The number of aromatic nitrogens is 1. The highest BCUT2D eigenvalue weighted by Gasteiger charge is 2.29. The third-order valence-electron chi connectivity index (χ3n) is 4.97. The minimum absolute atomic E-state index is 0.100. The number of rotatable bonds is 6. The van der Waals surface area contributed by atoms with E-state index in [1.807, 2.05) is 19.9 Å². The summed E-state index contributed by atoms with van der Waals surface area (Å²) in [5, 5.41) is 3.92. The lowest BCUT2D eigenvalue weighted by Crippen LogP contribution is -2.42. The van der Waals surface area contributed by atoms with E-state index in [4.69, 9.17) is 14.0 Å². The van der Waals surface area contributed by atoms with E-state index in [1.165, 1.54) is 0 Å². The van der Waals surface area contributed by atoms with Crippen molar-refractivity contribution < 1.29 is 23.6 Å². The molecule has 1 aromatic carbocycles. The molecule has 1 aromatic heterocycles. The van der Waals surface area contributed by atoms with Gasteiger partial charge in [-0.1, -0.05) is 11.2 Å². The van der Waals surface area contributed by atoms with Gasteiger partial charge in [-0.25, -0.2) is 0 Å². The van der Waals surface area contributed by atoms with Gasteiger partial charge in [0.25, 0.3) is 5.91 Å². The molecule has 1 aliphatic rings. The van der Waals surface area contributed by atoms with E-state index >= 15 is 0 Å². The number of amides is 1. The molecule has 3 rings (SSSR count). The first-order chi connectivity index (χ1) is 13.5. The van der Waals surface area contributed by atoms with Gasteiger partial charge in [0.2, 0.25) is 0 Å². The van der Waals surface area contributed by atoms with Crippen LogP contribution in [-0.2, 0) is 16.1 Å². The molecule has 0 bridgehead atoms. The summed E-state index contributed by atoms with van der Waals surface area (Å²) in [6.07, 6.45) is 1.54. The van der Waals surface area contributed by atoms with Crippen molar-refractivity contribution in [3.8, 4) is 5.75 Å². The molecule has 150 valence electrons. The highest BCUT2D eigenvalue weighted by atomic mass is 16.5. The van der Waals surface area contributed by atoms with Crippen LogP contribution in [0.25, 0.3) is 0 Å². The van der Waals surface area contributed by atoms with Gasteiger partial charge < -0.3 is 18.9 Å². The molecule has 1 saturated heterocycles. The lowest BCUT2D eigenvalue weighted by molar-refractivity contribution is -0.149. The molecule has 7 heteroatoms. The van der Waals surface area contributed by atoms with Gasteiger partial charge in [0.15, 0.2) is 0 Å². The fourth-order valence-corrected chi connectivity index (χ4v) is 3.38. The molecule has 0 unspecified atom stereocenters. The number of carbonyl (C=O) groups excluding carboxylic acids is 2. The van der Waals surface area contributed by atoms with Gasteiger partial charge in [0.05, 0.1) is 23.8 Å². The molecule has 0 saturated carbocycles. The van der Waals surface area contributed by atoms with Crippen molar-refractivity contribution in [1.82, 2.24) is 10.1 Å². The van der Waals surface area contributed by atoms with Crippen molar-refractivity contribution >= 4 is 11.9 Å². The molecule has 0 spiro atoms. The molecular weight excluding hydrogens is 360 g/mol. The Labute approximate surface area is 164 Å². The fraction of sp³-hybridized carbons (Fsp3) is 0.476. The smallest absolute Gasteiger partial charge is 0.310 e. The van der Waals surface area contributed by atoms with Crippen molar-refractivity contribution in [3.05, 3.63) is 46.8 Å². The van der Waals surface area contributed by atoms with E-state index in [0.717, 1.165) is 29.9 Å². The third-order valence-corrected chi connectivity index (χ3v) is 4.97. The van der Waals surface area contributed by atoms with Crippen LogP contribution in [-0.4, -0.2) is 41.6 Å². The van der Waals surface area contributed by atoms with Crippen LogP contribution in [0.5, 0.6) is 5.75 Å². The van der Waals surface area contributed by atoms with Crippen molar-refractivity contribution in [2.45, 2.75) is 40.2 Å². The van der Waals surface area contributed by atoms with E-state index in [0.29, 0.717) is 37.6 Å². The zero-order valence-corrected chi connectivity index (χ0v) is 16.6. The predicted molar refractivity (Wildman–Crippen MR) is 102 cm³/mol. The SMILES string of the molecule is CCOC(=O)[C@@H]1CCCN(C(=O)c2cccc(OCc3c(C)noc3C)c2)C1. The van der Waals surface area contributed by atoms with Gasteiger partial charge >= 0.3 is 5.97 Å². The second kappa shape index (κ2) is 8.91. The zero-order valence-electron chi connectivity index (χ0n) is 16.6. The Balaban J connectivity index is 1.65. The minimum atomic E-state index is -0.253. The van der Waals surface area contributed by atoms with Crippen LogP contribution in [0.2, 0.25) is 0 Å². The van der Waals surface area contributed by atoms with Crippen molar-refractivity contribution in [1.29, 1.82) is 0 Å². The first-order valence-electron chi connectivity index (χ1n) is 9.60. The predicted octanol–water partition coefficient (Wildman–Crippen LogP) is 3.29. The molecule has 1 atom stereocenters. The zero-order chi connectivity index (χ0) is 20.1. The van der Waals surface area contributed by atoms with Crippen molar-refractivity contribution in [3.63, 3.8) is 0 Å². The summed E-state index contributed by atoms with van der Waals surface area (Å²) in [6.45, 7) is 7.21. The molecule has 0 aliphatic carbocycles. The van der Waals surface area contributed by atoms with Gasteiger partial charge in [-0.3, -0.25) is 9.59 Å². The maximum absolute atomic E-state index is 12.9. The van der Waals surface area contributed by atoms with Crippen LogP contribution >= 0.6 is 0 Å². The number of piperidine rings is 1. The molecule has 2 heterocycles. The van der Waals surface area contributed by atoms with E-state index < -0.39 is 0 Å². The summed E-state index contributed by atoms with van der Waals surface area (Å²) in [5.41, 5.74) is 2.24.